The highest BCUT2D eigenvalue weighted by molar-refractivity contribution is 5.76. The molecule has 2 amide bonds. The minimum absolute atomic E-state index is 0.0764. The van der Waals surface area contributed by atoms with Crippen LogP contribution < -0.4 is 0 Å². The normalized spacial score (nSPS) is 21.2. The summed E-state index contributed by atoms with van der Waals surface area (Å²) >= 11 is 0. The van der Waals surface area contributed by atoms with Gasteiger partial charge in [0.05, 0.1) is 5.92 Å². The van der Waals surface area contributed by atoms with E-state index in [1.54, 1.807) is 18.9 Å². The number of urea groups is 1. The lowest BCUT2D eigenvalue weighted by molar-refractivity contribution is -0.141. The number of carbonyl (C=O) groups excluding carboxylic acids is 1. The summed E-state index contributed by atoms with van der Waals surface area (Å²) < 4.78 is 0. The molecule has 0 aromatic carbocycles. The van der Waals surface area contributed by atoms with Gasteiger partial charge in [-0.2, -0.15) is 0 Å². The lowest BCUT2D eigenvalue weighted by atomic mass is 10.2. The van der Waals surface area contributed by atoms with Crippen molar-refractivity contribution in [2.45, 2.75) is 19.4 Å². The summed E-state index contributed by atoms with van der Waals surface area (Å²) in [6.07, 6.45) is 0.973. The van der Waals surface area contributed by atoms with Crippen molar-refractivity contribution in [1.82, 2.24) is 14.7 Å². The first kappa shape index (κ1) is 14.8. The van der Waals surface area contributed by atoms with Gasteiger partial charge in [0.15, 0.2) is 0 Å². The van der Waals surface area contributed by atoms with E-state index >= 15 is 0 Å². The van der Waals surface area contributed by atoms with E-state index in [4.69, 9.17) is 5.11 Å². The number of carbonyl (C=O) groups is 2. The van der Waals surface area contributed by atoms with E-state index in [0.717, 1.165) is 19.5 Å². The fraction of sp³-hybridized carbons (Fsp3) is 0.833. The van der Waals surface area contributed by atoms with Crippen LogP contribution in [0.15, 0.2) is 0 Å². The summed E-state index contributed by atoms with van der Waals surface area (Å²) in [7, 11) is 5.68. The Balaban J connectivity index is 2.48. The zero-order valence-corrected chi connectivity index (χ0v) is 11.6. The first-order valence-corrected chi connectivity index (χ1v) is 6.22. The first-order chi connectivity index (χ1) is 8.32. The zero-order chi connectivity index (χ0) is 13.9. The summed E-state index contributed by atoms with van der Waals surface area (Å²) in [6, 6.07) is 0.326. The second kappa shape index (κ2) is 6.04. The zero-order valence-electron chi connectivity index (χ0n) is 11.6. The molecule has 2 atom stereocenters. The molecule has 18 heavy (non-hydrogen) atoms. The average molecular weight is 257 g/mol. The molecule has 6 nitrogen and oxygen atoms in total. The number of rotatable bonds is 4. The molecule has 1 aliphatic heterocycles. The largest absolute Gasteiger partial charge is 0.481 e. The summed E-state index contributed by atoms with van der Waals surface area (Å²) in [5.41, 5.74) is 0. The minimum atomic E-state index is -0.873. The summed E-state index contributed by atoms with van der Waals surface area (Å²) in [6.45, 7) is 3.32. The van der Waals surface area contributed by atoms with Gasteiger partial charge in [-0.1, -0.05) is 6.92 Å². The highest BCUT2D eigenvalue weighted by Crippen LogP contribution is 2.15. The van der Waals surface area contributed by atoms with Crippen LogP contribution in [0.1, 0.15) is 13.3 Å². The Labute approximate surface area is 108 Å². The third-order valence-electron chi connectivity index (χ3n) is 3.46. The van der Waals surface area contributed by atoms with Crippen molar-refractivity contribution in [1.29, 1.82) is 0 Å². The molecule has 0 aromatic heterocycles. The number of amides is 2. The third-order valence-corrected chi connectivity index (χ3v) is 3.46. The topological polar surface area (TPSA) is 64.1 Å². The third kappa shape index (κ3) is 3.60. The van der Waals surface area contributed by atoms with Crippen LogP contribution >= 0.6 is 0 Å². The molecule has 1 aliphatic rings. The minimum Gasteiger partial charge on any atom is -0.481 e. The molecular formula is C12H23N3O3. The number of hydrogen-bond acceptors (Lipinski definition) is 3. The highest BCUT2D eigenvalue weighted by atomic mass is 16.4. The van der Waals surface area contributed by atoms with Crippen LogP contribution in [0.25, 0.3) is 0 Å². The van der Waals surface area contributed by atoms with Crippen LogP contribution in [-0.4, -0.2) is 78.6 Å². The smallest absolute Gasteiger partial charge is 0.319 e. The van der Waals surface area contributed by atoms with Crippen LogP contribution in [0.2, 0.25) is 0 Å². The summed E-state index contributed by atoms with van der Waals surface area (Å²) in [4.78, 5) is 28.3. The Kier molecular flexibility index (Phi) is 4.95. The van der Waals surface area contributed by atoms with E-state index in [-0.39, 0.29) is 12.6 Å². The molecule has 0 spiro atoms. The van der Waals surface area contributed by atoms with Crippen molar-refractivity contribution in [2.75, 3.05) is 40.8 Å². The first-order valence-electron chi connectivity index (χ1n) is 6.22. The summed E-state index contributed by atoms with van der Waals surface area (Å²) in [5.74, 6) is -1.41. The maximum Gasteiger partial charge on any atom is 0.319 e. The predicted molar refractivity (Wildman–Crippen MR) is 68.5 cm³/mol. The van der Waals surface area contributed by atoms with Crippen molar-refractivity contribution >= 4 is 12.0 Å². The van der Waals surface area contributed by atoms with E-state index in [2.05, 4.69) is 4.90 Å². The van der Waals surface area contributed by atoms with Crippen LogP contribution in [0.3, 0.4) is 0 Å². The Morgan fingerprint density at radius 3 is 2.44 bits per heavy atom. The van der Waals surface area contributed by atoms with Crippen molar-refractivity contribution in [3.8, 4) is 0 Å². The van der Waals surface area contributed by atoms with Gasteiger partial charge in [-0.05, 0) is 20.5 Å². The number of nitrogens with zero attached hydrogens (tertiary/aromatic N) is 3. The van der Waals surface area contributed by atoms with Crippen LogP contribution in [0.4, 0.5) is 4.79 Å². The molecule has 0 bridgehead atoms. The maximum atomic E-state index is 12.1. The monoisotopic (exact) mass is 257 g/mol. The highest BCUT2D eigenvalue weighted by Gasteiger charge is 2.29. The Bertz CT molecular complexity index is 320. The van der Waals surface area contributed by atoms with Gasteiger partial charge in [0.2, 0.25) is 0 Å². The molecule has 2 unspecified atom stereocenters. The lowest BCUT2D eigenvalue weighted by Crippen LogP contribution is -2.43. The van der Waals surface area contributed by atoms with Gasteiger partial charge < -0.3 is 19.8 Å². The van der Waals surface area contributed by atoms with Crippen molar-refractivity contribution in [3.05, 3.63) is 0 Å². The maximum absolute atomic E-state index is 12.1. The lowest BCUT2D eigenvalue weighted by Gasteiger charge is -2.26. The molecule has 0 aliphatic carbocycles. The van der Waals surface area contributed by atoms with Gasteiger partial charge in [0.1, 0.15) is 0 Å². The van der Waals surface area contributed by atoms with Gasteiger partial charge in [-0.3, -0.25) is 4.79 Å². The molecule has 0 radical (unpaired) electrons. The molecule has 0 saturated carbocycles. The summed E-state index contributed by atoms with van der Waals surface area (Å²) in [5, 5.41) is 8.83. The number of likely N-dealkylation sites (N-methyl/N-ethyl adjacent to an activating group) is 1. The average Bonchev–Trinajstić information content (AvgIpc) is 2.76. The molecule has 6 heteroatoms. The van der Waals surface area contributed by atoms with Crippen molar-refractivity contribution in [3.63, 3.8) is 0 Å². The van der Waals surface area contributed by atoms with Crippen LogP contribution in [0.5, 0.6) is 0 Å². The molecule has 1 rings (SSSR count). The molecule has 1 heterocycles. The number of aliphatic carboxylic acids is 1. The van der Waals surface area contributed by atoms with Gasteiger partial charge in [0.25, 0.3) is 0 Å². The van der Waals surface area contributed by atoms with E-state index < -0.39 is 11.9 Å². The molecule has 0 aromatic rings. The Hall–Kier alpha value is -1.30. The predicted octanol–water partition coefficient (Wildman–Crippen LogP) is 0.395. The number of carboxylic acid groups (broad SMARTS) is 1. The fourth-order valence-corrected chi connectivity index (χ4v) is 2.15. The van der Waals surface area contributed by atoms with E-state index in [9.17, 15) is 9.59 Å². The van der Waals surface area contributed by atoms with Gasteiger partial charge in [-0.25, -0.2) is 4.79 Å². The molecule has 104 valence electrons. The van der Waals surface area contributed by atoms with Gasteiger partial charge in [0, 0.05) is 32.7 Å². The van der Waals surface area contributed by atoms with Gasteiger partial charge >= 0.3 is 12.0 Å². The van der Waals surface area contributed by atoms with Crippen LogP contribution in [-0.2, 0) is 4.79 Å². The van der Waals surface area contributed by atoms with Crippen molar-refractivity contribution in [2.24, 2.45) is 5.92 Å². The molecule has 1 N–H and O–H groups in total. The Morgan fingerprint density at radius 2 is 2.00 bits per heavy atom. The molecule has 1 saturated heterocycles. The number of carboxylic acids is 1. The second-order valence-electron chi connectivity index (χ2n) is 5.25. The van der Waals surface area contributed by atoms with E-state index in [1.165, 1.54) is 4.90 Å². The second-order valence-corrected chi connectivity index (χ2v) is 5.25. The fourth-order valence-electron chi connectivity index (χ4n) is 2.15. The number of likely N-dealkylation sites (tertiary alicyclic amines) is 1. The Morgan fingerprint density at radius 1 is 1.39 bits per heavy atom. The molecular weight excluding hydrogens is 234 g/mol. The van der Waals surface area contributed by atoms with E-state index in [1.807, 2.05) is 14.1 Å². The van der Waals surface area contributed by atoms with Crippen LogP contribution in [0, 0.1) is 5.92 Å². The van der Waals surface area contributed by atoms with E-state index in [0.29, 0.717) is 6.04 Å². The number of hydrogen-bond donors (Lipinski definition) is 1. The van der Waals surface area contributed by atoms with Crippen molar-refractivity contribution < 1.29 is 14.7 Å². The standard InChI is InChI=1S/C12H23N3O3/c1-9(11(16)17)7-14(4)12(18)15-6-5-10(8-15)13(2)3/h9-10H,5-8H2,1-4H3,(H,16,17). The quantitative estimate of drug-likeness (QED) is 0.791. The SMILES string of the molecule is CC(CN(C)C(=O)N1CCC(N(C)C)C1)C(=O)O. The van der Waals surface area contributed by atoms with Gasteiger partial charge in [-0.15, -0.1) is 0 Å². The molecule has 1 fully saturated rings.